The van der Waals surface area contributed by atoms with Gasteiger partial charge < -0.3 is 9.88 Å². The third-order valence-corrected chi connectivity index (χ3v) is 3.53. The van der Waals surface area contributed by atoms with Crippen molar-refractivity contribution in [2.24, 2.45) is 0 Å². The number of aromatic nitrogens is 2. The van der Waals surface area contributed by atoms with Crippen LogP contribution in [0, 0.1) is 5.82 Å². The largest absolute Gasteiger partial charge is 0.350 e. The monoisotopic (exact) mass is 325 g/mol. The summed E-state index contributed by atoms with van der Waals surface area (Å²) in [4.78, 5) is 29.2. The molecule has 0 spiro atoms. The van der Waals surface area contributed by atoms with Crippen molar-refractivity contribution in [1.82, 2.24) is 14.9 Å². The van der Waals surface area contributed by atoms with Crippen LogP contribution in [0.1, 0.15) is 24.2 Å². The summed E-state index contributed by atoms with van der Waals surface area (Å²) in [5.41, 5.74) is 0.664. The normalized spacial score (nSPS) is 11.0. The summed E-state index contributed by atoms with van der Waals surface area (Å²) in [6, 6.07) is 8.93. The zero-order chi connectivity index (χ0) is 17.3. The molecule has 24 heavy (non-hydrogen) atoms. The van der Waals surface area contributed by atoms with E-state index < -0.39 is 5.91 Å². The number of benzene rings is 1. The molecule has 2 heterocycles. The fourth-order valence-corrected chi connectivity index (χ4v) is 2.46. The molecule has 0 aliphatic carbocycles. The van der Waals surface area contributed by atoms with Crippen molar-refractivity contribution in [2.75, 3.05) is 0 Å². The Labute approximate surface area is 137 Å². The van der Waals surface area contributed by atoms with Crippen LogP contribution in [0.3, 0.4) is 0 Å². The van der Waals surface area contributed by atoms with E-state index in [0.29, 0.717) is 16.7 Å². The van der Waals surface area contributed by atoms with Gasteiger partial charge in [0.15, 0.2) is 0 Å². The lowest BCUT2D eigenvalue weighted by atomic mass is 10.1. The first kappa shape index (κ1) is 15.9. The Morgan fingerprint density at radius 2 is 1.92 bits per heavy atom. The van der Waals surface area contributed by atoms with Crippen LogP contribution in [0.25, 0.3) is 16.7 Å². The minimum absolute atomic E-state index is 0.0218. The molecule has 3 aromatic rings. The van der Waals surface area contributed by atoms with Gasteiger partial charge in [-0.25, -0.2) is 9.37 Å². The predicted octanol–water partition coefficient (Wildman–Crippen LogP) is 2.66. The van der Waals surface area contributed by atoms with Crippen LogP contribution in [-0.4, -0.2) is 21.5 Å². The summed E-state index contributed by atoms with van der Waals surface area (Å²) in [5, 5.41) is 3.05. The van der Waals surface area contributed by atoms with E-state index in [-0.39, 0.29) is 22.9 Å². The number of nitrogens with zero attached hydrogens (tertiary/aromatic N) is 2. The van der Waals surface area contributed by atoms with Crippen LogP contribution in [0.2, 0.25) is 0 Å². The number of carbonyl (C=O) groups is 1. The number of halogens is 1. The number of nitrogens with one attached hydrogen (secondary N) is 1. The average Bonchev–Trinajstić information content (AvgIpc) is 2.56. The van der Waals surface area contributed by atoms with Gasteiger partial charge in [0.1, 0.15) is 17.0 Å². The summed E-state index contributed by atoms with van der Waals surface area (Å²) in [6.45, 7) is 3.64. The van der Waals surface area contributed by atoms with Gasteiger partial charge in [-0.3, -0.25) is 9.59 Å². The molecule has 3 rings (SSSR count). The molecule has 1 N–H and O–H groups in total. The molecular weight excluding hydrogens is 309 g/mol. The molecule has 2 aromatic heterocycles. The second-order valence-electron chi connectivity index (χ2n) is 5.72. The maximum atomic E-state index is 13.2. The highest BCUT2D eigenvalue weighted by Gasteiger charge is 2.17. The quantitative estimate of drug-likeness (QED) is 0.805. The van der Waals surface area contributed by atoms with E-state index in [9.17, 15) is 14.0 Å². The number of hydrogen-bond acceptors (Lipinski definition) is 3. The molecular formula is C18H16FN3O2. The first-order valence-electron chi connectivity index (χ1n) is 7.54. The lowest BCUT2D eigenvalue weighted by molar-refractivity contribution is 0.0941. The zero-order valence-electron chi connectivity index (χ0n) is 13.3. The zero-order valence-corrected chi connectivity index (χ0v) is 13.3. The van der Waals surface area contributed by atoms with Crippen molar-refractivity contribution in [3.8, 4) is 5.69 Å². The first-order chi connectivity index (χ1) is 11.5. The number of fused-ring (bicyclic) bond motifs is 1. The molecule has 1 aromatic carbocycles. The summed E-state index contributed by atoms with van der Waals surface area (Å²) < 4.78 is 14.8. The van der Waals surface area contributed by atoms with E-state index in [1.807, 2.05) is 13.8 Å². The van der Waals surface area contributed by atoms with E-state index in [0.717, 1.165) is 0 Å². The van der Waals surface area contributed by atoms with Crippen molar-refractivity contribution in [2.45, 2.75) is 19.9 Å². The van der Waals surface area contributed by atoms with Crippen LogP contribution < -0.4 is 10.7 Å². The summed E-state index contributed by atoms with van der Waals surface area (Å²) in [5.74, 6) is -0.813. The molecule has 0 atom stereocenters. The predicted molar refractivity (Wildman–Crippen MR) is 89.9 cm³/mol. The minimum atomic E-state index is -0.448. The van der Waals surface area contributed by atoms with Gasteiger partial charge in [0.25, 0.3) is 5.91 Å². The van der Waals surface area contributed by atoms with Crippen LogP contribution >= 0.6 is 0 Å². The van der Waals surface area contributed by atoms with E-state index in [2.05, 4.69) is 10.3 Å². The maximum Gasteiger partial charge on any atom is 0.256 e. The van der Waals surface area contributed by atoms with E-state index in [4.69, 9.17) is 0 Å². The van der Waals surface area contributed by atoms with Crippen LogP contribution in [0.15, 0.2) is 53.6 Å². The van der Waals surface area contributed by atoms with Gasteiger partial charge in [-0.1, -0.05) is 0 Å². The summed E-state index contributed by atoms with van der Waals surface area (Å²) >= 11 is 0. The van der Waals surface area contributed by atoms with Gasteiger partial charge >= 0.3 is 0 Å². The maximum absolute atomic E-state index is 13.2. The summed E-state index contributed by atoms with van der Waals surface area (Å²) in [6.07, 6.45) is 3.01. The van der Waals surface area contributed by atoms with Crippen molar-refractivity contribution in [3.63, 3.8) is 0 Å². The van der Waals surface area contributed by atoms with Gasteiger partial charge in [0.05, 0.1) is 5.39 Å². The number of hydrogen-bond donors (Lipinski definition) is 1. The molecule has 0 saturated carbocycles. The molecule has 1 amide bonds. The van der Waals surface area contributed by atoms with Gasteiger partial charge in [-0.2, -0.15) is 0 Å². The Kier molecular flexibility index (Phi) is 4.12. The van der Waals surface area contributed by atoms with Crippen molar-refractivity contribution in [1.29, 1.82) is 0 Å². The molecule has 0 aliphatic heterocycles. The minimum Gasteiger partial charge on any atom is -0.350 e. The van der Waals surface area contributed by atoms with Crippen LogP contribution in [0.4, 0.5) is 4.39 Å². The number of carbonyl (C=O) groups excluding carboxylic acids is 1. The van der Waals surface area contributed by atoms with Gasteiger partial charge in [-0.15, -0.1) is 0 Å². The standard InChI is InChI=1S/C18H16FN3O2/c1-11(2)21-18(24)15-10-22(13-7-5-12(19)6-8-13)17-14(16(15)23)4-3-9-20-17/h3-11H,1-2H3,(H,21,24). The Morgan fingerprint density at radius 3 is 2.58 bits per heavy atom. The first-order valence-corrected chi connectivity index (χ1v) is 7.54. The van der Waals surface area contributed by atoms with E-state index in [1.54, 1.807) is 35.0 Å². The Balaban J connectivity index is 2.28. The Hall–Kier alpha value is -3.02. The van der Waals surface area contributed by atoms with Crippen molar-refractivity contribution < 1.29 is 9.18 Å². The Bertz CT molecular complexity index is 962. The smallest absolute Gasteiger partial charge is 0.256 e. The molecule has 0 saturated heterocycles. The fourth-order valence-electron chi connectivity index (χ4n) is 2.46. The molecule has 122 valence electrons. The van der Waals surface area contributed by atoms with E-state index >= 15 is 0 Å². The van der Waals surface area contributed by atoms with Gasteiger partial charge in [0.2, 0.25) is 5.43 Å². The SMILES string of the molecule is CC(C)NC(=O)c1cn(-c2ccc(F)cc2)c2ncccc2c1=O. The fraction of sp³-hybridized carbons (Fsp3) is 0.167. The van der Waals surface area contributed by atoms with E-state index in [1.165, 1.54) is 18.3 Å². The van der Waals surface area contributed by atoms with Gasteiger partial charge in [0, 0.05) is 24.1 Å². The molecule has 0 aliphatic rings. The van der Waals surface area contributed by atoms with Crippen molar-refractivity contribution in [3.05, 3.63) is 70.4 Å². The van der Waals surface area contributed by atoms with Crippen LogP contribution in [-0.2, 0) is 0 Å². The Morgan fingerprint density at radius 1 is 1.21 bits per heavy atom. The molecule has 0 bridgehead atoms. The average molecular weight is 325 g/mol. The van der Waals surface area contributed by atoms with Gasteiger partial charge in [-0.05, 0) is 50.2 Å². The molecule has 6 heteroatoms. The third-order valence-electron chi connectivity index (χ3n) is 3.53. The number of pyridine rings is 2. The lowest BCUT2D eigenvalue weighted by Crippen LogP contribution is -2.34. The van der Waals surface area contributed by atoms with Crippen molar-refractivity contribution >= 4 is 16.9 Å². The second kappa shape index (κ2) is 6.23. The summed E-state index contributed by atoms with van der Waals surface area (Å²) in [7, 11) is 0. The molecule has 0 radical (unpaired) electrons. The third kappa shape index (κ3) is 2.90. The van der Waals surface area contributed by atoms with Crippen LogP contribution in [0.5, 0.6) is 0 Å². The molecule has 5 nitrogen and oxygen atoms in total. The lowest BCUT2D eigenvalue weighted by Gasteiger charge is -2.13. The molecule has 0 fully saturated rings. The highest BCUT2D eigenvalue weighted by atomic mass is 19.1. The highest BCUT2D eigenvalue weighted by Crippen LogP contribution is 2.16. The molecule has 0 unspecified atom stereocenters. The topological polar surface area (TPSA) is 64.0 Å². The highest BCUT2D eigenvalue weighted by molar-refractivity contribution is 5.97. The number of amides is 1. The number of rotatable bonds is 3. The second-order valence-corrected chi connectivity index (χ2v) is 5.72.